The minimum absolute atomic E-state index is 0.114. The van der Waals surface area contributed by atoms with Crippen LogP contribution in [0.2, 0.25) is 0 Å². The third-order valence-corrected chi connectivity index (χ3v) is 5.85. The van der Waals surface area contributed by atoms with Crippen LogP contribution < -0.4 is 22.1 Å². The predicted octanol–water partition coefficient (Wildman–Crippen LogP) is 1.29. The molecule has 174 valence electrons. The van der Waals surface area contributed by atoms with Crippen molar-refractivity contribution in [1.29, 1.82) is 0 Å². The Hall–Kier alpha value is -2.75. The summed E-state index contributed by atoms with van der Waals surface area (Å²) in [7, 11) is 0. The zero-order chi connectivity index (χ0) is 23.1. The third kappa shape index (κ3) is 6.15. The topological polar surface area (TPSA) is 148 Å². The lowest BCUT2D eigenvalue weighted by atomic mass is 10.0. The normalized spacial score (nSPS) is 20.0. The molecule has 1 saturated heterocycles. The van der Waals surface area contributed by atoms with E-state index in [1.54, 1.807) is 6.33 Å². The van der Waals surface area contributed by atoms with E-state index >= 15 is 0 Å². The van der Waals surface area contributed by atoms with Crippen LogP contribution in [-0.4, -0.2) is 53.1 Å². The summed E-state index contributed by atoms with van der Waals surface area (Å²) in [5.74, 6) is -0.535. The highest BCUT2D eigenvalue weighted by molar-refractivity contribution is 5.83. The number of nitrogens with one attached hydrogen (secondary N) is 3. The molecule has 1 amide bonds. The molecule has 4 atom stereocenters. The Morgan fingerprint density at radius 1 is 1.28 bits per heavy atom. The number of nitrogens with two attached hydrogens (primary N) is 2. The molecular weight excluding hydrogens is 408 g/mol. The van der Waals surface area contributed by atoms with Gasteiger partial charge in [0.15, 0.2) is 0 Å². The molecule has 1 aromatic heterocycles. The average Bonchev–Trinajstić information content (AvgIpc) is 3.43. The minimum Gasteiger partial charge on any atom is -0.460 e. The molecule has 9 heteroatoms. The van der Waals surface area contributed by atoms with Gasteiger partial charge in [-0.15, -0.1) is 0 Å². The van der Waals surface area contributed by atoms with Crippen LogP contribution >= 0.6 is 0 Å². The van der Waals surface area contributed by atoms with Crippen molar-refractivity contribution in [2.24, 2.45) is 11.5 Å². The van der Waals surface area contributed by atoms with E-state index in [0.29, 0.717) is 25.9 Å². The number of hydrogen-bond acceptors (Lipinski definition) is 7. The number of amides is 1. The molecule has 9 nitrogen and oxygen atoms in total. The number of aromatic amines is 1. The SMILES string of the molecule is Cc1nc[nH]c1-c1ccc([C@H](C)NC(=O)[C@@H]2C[C@@H](OC(=O)[C@@H](N)CCCCN)CN2)cc1. The Labute approximate surface area is 188 Å². The van der Waals surface area contributed by atoms with Gasteiger partial charge in [0.2, 0.25) is 5.91 Å². The van der Waals surface area contributed by atoms with Gasteiger partial charge in [-0.3, -0.25) is 9.59 Å². The summed E-state index contributed by atoms with van der Waals surface area (Å²) in [4.78, 5) is 32.2. The Morgan fingerprint density at radius 3 is 2.69 bits per heavy atom. The summed E-state index contributed by atoms with van der Waals surface area (Å²) in [6.45, 7) is 4.92. The van der Waals surface area contributed by atoms with Crippen LogP contribution in [0.5, 0.6) is 0 Å². The number of benzene rings is 1. The molecule has 2 heterocycles. The highest BCUT2D eigenvalue weighted by Gasteiger charge is 2.33. The van der Waals surface area contributed by atoms with Crippen molar-refractivity contribution in [3.05, 3.63) is 41.9 Å². The summed E-state index contributed by atoms with van der Waals surface area (Å²) < 4.78 is 5.49. The maximum Gasteiger partial charge on any atom is 0.323 e. The van der Waals surface area contributed by atoms with Crippen LogP contribution in [0.4, 0.5) is 0 Å². The first kappa shape index (κ1) is 23.9. The lowest BCUT2D eigenvalue weighted by Crippen LogP contribution is -2.41. The molecule has 1 aromatic carbocycles. The highest BCUT2D eigenvalue weighted by Crippen LogP contribution is 2.23. The molecule has 1 fully saturated rings. The summed E-state index contributed by atoms with van der Waals surface area (Å²) >= 11 is 0. The van der Waals surface area contributed by atoms with Gasteiger partial charge in [0, 0.05) is 13.0 Å². The van der Waals surface area contributed by atoms with Crippen molar-refractivity contribution in [2.75, 3.05) is 13.1 Å². The summed E-state index contributed by atoms with van der Waals surface area (Å²) in [5, 5.41) is 6.17. The standard InChI is InChI=1S/C23H34N6O3/c1-14(16-6-8-17(9-7-16)21-15(2)27-13-28-21)29-22(30)20-11-18(12-26-20)32-23(31)19(25)5-3-4-10-24/h6-9,13-14,18-20,26H,3-5,10-12,24-25H2,1-2H3,(H,27,28)(H,29,30)/t14-,18+,19-,20-/m0/s1. The summed E-state index contributed by atoms with van der Waals surface area (Å²) in [6, 6.07) is 6.81. The maximum atomic E-state index is 12.7. The molecule has 3 rings (SSSR count). The van der Waals surface area contributed by atoms with Gasteiger partial charge in [-0.25, -0.2) is 4.98 Å². The molecule has 0 saturated carbocycles. The molecule has 7 N–H and O–H groups in total. The fourth-order valence-electron chi connectivity index (χ4n) is 3.86. The van der Waals surface area contributed by atoms with Crippen LogP contribution in [0.1, 0.15) is 49.9 Å². The molecule has 0 unspecified atom stereocenters. The first-order valence-corrected chi connectivity index (χ1v) is 11.2. The van der Waals surface area contributed by atoms with E-state index < -0.39 is 18.1 Å². The number of unbranched alkanes of at least 4 members (excludes halogenated alkanes) is 1. The second-order valence-corrected chi connectivity index (χ2v) is 8.36. The number of aryl methyl sites for hydroxylation is 1. The van der Waals surface area contributed by atoms with Crippen LogP contribution in [0.25, 0.3) is 11.3 Å². The number of aromatic nitrogens is 2. The maximum absolute atomic E-state index is 12.7. The Kier molecular flexibility index (Phi) is 8.38. The number of carbonyl (C=O) groups excluding carboxylic acids is 2. The van der Waals surface area contributed by atoms with Gasteiger partial charge in [0.1, 0.15) is 12.1 Å². The van der Waals surface area contributed by atoms with Crippen molar-refractivity contribution in [3.8, 4) is 11.3 Å². The van der Waals surface area contributed by atoms with Gasteiger partial charge in [0.05, 0.1) is 29.8 Å². The number of ether oxygens (including phenoxy) is 1. The first-order valence-electron chi connectivity index (χ1n) is 11.2. The van der Waals surface area contributed by atoms with Gasteiger partial charge < -0.3 is 31.8 Å². The van der Waals surface area contributed by atoms with Crippen molar-refractivity contribution < 1.29 is 14.3 Å². The zero-order valence-electron chi connectivity index (χ0n) is 18.8. The second kappa shape index (κ2) is 11.2. The van der Waals surface area contributed by atoms with Gasteiger partial charge >= 0.3 is 5.97 Å². The Balaban J connectivity index is 1.46. The van der Waals surface area contributed by atoms with Gasteiger partial charge in [0.25, 0.3) is 0 Å². The molecule has 0 radical (unpaired) electrons. The second-order valence-electron chi connectivity index (χ2n) is 8.36. The molecule has 0 spiro atoms. The van der Waals surface area contributed by atoms with E-state index in [2.05, 4.69) is 20.6 Å². The van der Waals surface area contributed by atoms with E-state index in [-0.39, 0.29) is 18.1 Å². The molecular formula is C23H34N6O3. The lowest BCUT2D eigenvalue weighted by molar-refractivity contribution is -0.150. The minimum atomic E-state index is -0.650. The Bertz CT molecular complexity index is 897. The van der Waals surface area contributed by atoms with Crippen LogP contribution in [0.3, 0.4) is 0 Å². The number of imidazole rings is 1. The number of nitrogens with zero attached hydrogens (tertiary/aromatic N) is 1. The summed E-state index contributed by atoms with van der Waals surface area (Å²) in [6.07, 6.45) is 3.93. The number of H-pyrrole nitrogens is 1. The van der Waals surface area contributed by atoms with E-state index in [1.165, 1.54) is 0 Å². The number of esters is 1. The van der Waals surface area contributed by atoms with E-state index in [1.807, 2.05) is 38.1 Å². The highest BCUT2D eigenvalue weighted by atomic mass is 16.5. The molecule has 32 heavy (non-hydrogen) atoms. The fourth-order valence-corrected chi connectivity index (χ4v) is 3.86. The van der Waals surface area contributed by atoms with Crippen LogP contribution in [0.15, 0.2) is 30.6 Å². The van der Waals surface area contributed by atoms with Crippen molar-refractivity contribution in [1.82, 2.24) is 20.6 Å². The molecule has 0 aliphatic carbocycles. The summed E-state index contributed by atoms with van der Waals surface area (Å²) in [5.41, 5.74) is 15.3. The third-order valence-electron chi connectivity index (χ3n) is 5.85. The van der Waals surface area contributed by atoms with Crippen molar-refractivity contribution >= 4 is 11.9 Å². The molecule has 1 aliphatic heterocycles. The molecule has 0 bridgehead atoms. The van der Waals surface area contributed by atoms with Crippen LogP contribution in [0, 0.1) is 6.92 Å². The van der Waals surface area contributed by atoms with Crippen molar-refractivity contribution in [3.63, 3.8) is 0 Å². The quantitative estimate of drug-likeness (QED) is 0.275. The zero-order valence-corrected chi connectivity index (χ0v) is 18.8. The van der Waals surface area contributed by atoms with Gasteiger partial charge in [-0.05, 0) is 44.4 Å². The number of hydrogen-bond donors (Lipinski definition) is 5. The van der Waals surface area contributed by atoms with Crippen molar-refractivity contribution in [2.45, 2.75) is 63.8 Å². The largest absolute Gasteiger partial charge is 0.460 e. The van der Waals surface area contributed by atoms with E-state index in [4.69, 9.17) is 16.2 Å². The molecule has 1 aliphatic rings. The lowest BCUT2D eigenvalue weighted by Gasteiger charge is -2.18. The number of carbonyl (C=O) groups is 2. The molecule has 2 aromatic rings. The van der Waals surface area contributed by atoms with Crippen LogP contribution in [-0.2, 0) is 14.3 Å². The fraction of sp³-hybridized carbons (Fsp3) is 0.522. The average molecular weight is 443 g/mol. The van der Waals surface area contributed by atoms with Gasteiger partial charge in [-0.2, -0.15) is 0 Å². The van der Waals surface area contributed by atoms with E-state index in [0.717, 1.165) is 35.4 Å². The van der Waals surface area contributed by atoms with E-state index in [9.17, 15) is 9.59 Å². The predicted molar refractivity (Wildman–Crippen MR) is 122 cm³/mol. The Morgan fingerprint density at radius 2 is 2.03 bits per heavy atom. The first-order chi connectivity index (χ1) is 15.4. The smallest absolute Gasteiger partial charge is 0.323 e. The number of rotatable bonds is 10. The monoisotopic (exact) mass is 442 g/mol. The van der Waals surface area contributed by atoms with Gasteiger partial charge in [-0.1, -0.05) is 30.7 Å².